The number of aliphatic carboxylic acids is 1. The van der Waals surface area contributed by atoms with E-state index in [9.17, 15) is 24.8 Å². The van der Waals surface area contributed by atoms with Crippen LogP contribution in [0.25, 0.3) is 0 Å². The van der Waals surface area contributed by atoms with Crippen LogP contribution in [-0.4, -0.2) is 43.1 Å². The van der Waals surface area contributed by atoms with Crippen molar-refractivity contribution < 1.29 is 19.6 Å². The minimum absolute atomic E-state index is 0.0566. The Kier molecular flexibility index (Phi) is 3.76. The summed E-state index contributed by atoms with van der Waals surface area (Å²) in [6.07, 6.45) is 1.15. The van der Waals surface area contributed by atoms with E-state index >= 15 is 0 Å². The van der Waals surface area contributed by atoms with Gasteiger partial charge in [0.15, 0.2) is 0 Å². The van der Waals surface area contributed by atoms with Gasteiger partial charge < -0.3 is 10.0 Å². The number of aromatic nitrogens is 2. The molecule has 0 fully saturated rings. The summed E-state index contributed by atoms with van der Waals surface area (Å²) >= 11 is 0. The fourth-order valence-corrected chi connectivity index (χ4v) is 2.88. The van der Waals surface area contributed by atoms with Gasteiger partial charge in [-0.2, -0.15) is 5.10 Å². The van der Waals surface area contributed by atoms with E-state index in [0.29, 0.717) is 11.1 Å². The van der Waals surface area contributed by atoms with Crippen LogP contribution in [0.1, 0.15) is 27.5 Å². The lowest BCUT2D eigenvalue weighted by Gasteiger charge is -2.32. The summed E-state index contributed by atoms with van der Waals surface area (Å²) in [5, 5.41) is 24.4. The normalized spacial score (nSPS) is 16.5. The first-order valence-electron chi connectivity index (χ1n) is 7.16. The Labute approximate surface area is 136 Å². The third-order valence-corrected chi connectivity index (χ3v) is 3.99. The minimum atomic E-state index is -1.05. The van der Waals surface area contributed by atoms with E-state index in [1.807, 2.05) is 0 Å². The molecular weight excluding hydrogens is 316 g/mol. The first kappa shape index (κ1) is 15.7. The van der Waals surface area contributed by atoms with Crippen LogP contribution in [0.5, 0.6) is 0 Å². The monoisotopic (exact) mass is 330 g/mol. The molecule has 1 aliphatic rings. The molecular formula is C15H14N4O5. The van der Waals surface area contributed by atoms with Gasteiger partial charge in [0.05, 0.1) is 10.8 Å². The van der Waals surface area contributed by atoms with Gasteiger partial charge in [0, 0.05) is 20.1 Å². The van der Waals surface area contributed by atoms with E-state index in [2.05, 4.69) is 5.10 Å². The second-order valence-electron chi connectivity index (χ2n) is 5.57. The summed E-state index contributed by atoms with van der Waals surface area (Å²) in [5.41, 5.74) is 0.687. The Morgan fingerprint density at radius 3 is 2.75 bits per heavy atom. The SMILES string of the molecule is Cn1cc([N+](=O)[O-])c(C(=O)N2Cc3ccccc3C(C(=O)O)C2)n1. The Bertz CT molecular complexity index is 844. The number of carboxylic acids is 1. The van der Waals surface area contributed by atoms with Gasteiger partial charge in [0.2, 0.25) is 5.69 Å². The Hall–Kier alpha value is -3.23. The molecule has 1 aliphatic heterocycles. The molecule has 124 valence electrons. The molecule has 0 saturated carbocycles. The third-order valence-electron chi connectivity index (χ3n) is 3.99. The van der Waals surface area contributed by atoms with Crippen LogP contribution in [0.15, 0.2) is 30.5 Å². The van der Waals surface area contributed by atoms with Crippen LogP contribution >= 0.6 is 0 Å². The van der Waals surface area contributed by atoms with Gasteiger partial charge in [0.1, 0.15) is 6.20 Å². The molecule has 1 atom stereocenters. The summed E-state index contributed by atoms with van der Waals surface area (Å²) < 4.78 is 1.19. The molecule has 3 rings (SSSR count). The number of hydrogen-bond donors (Lipinski definition) is 1. The van der Waals surface area contributed by atoms with Crippen LogP contribution in [0.2, 0.25) is 0 Å². The quantitative estimate of drug-likeness (QED) is 0.666. The Morgan fingerprint density at radius 1 is 1.38 bits per heavy atom. The Balaban J connectivity index is 1.98. The number of fused-ring (bicyclic) bond motifs is 1. The molecule has 1 amide bonds. The van der Waals surface area contributed by atoms with Crippen LogP contribution in [0.4, 0.5) is 5.69 Å². The van der Waals surface area contributed by atoms with Gasteiger partial charge in [-0.3, -0.25) is 24.4 Å². The van der Waals surface area contributed by atoms with Crippen molar-refractivity contribution in [3.63, 3.8) is 0 Å². The van der Waals surface area contributed by atoms with Crippen molar-refractivity contribution in [2.75, 3.05) is 6.54 Å². The van der Waals surface area contributed by atoms with E-state index in [4.69, 9.17) is 0 Å². The number of rotatable bonds is 3. The van der Waals surface area contributed by atoms with E-state index in [-0.39, 0.29) is 18.8 Å². The van der Waals surface area contributed by atoms with E-state index in [1.165, 1.54) is 16.6 Å². The van der Waals surface area contributed by atoms with Crippen molar-refractivity contribution in [1.82, 2.24) is 14.7 Å². The van der Waals surface area contributed by atoms with E-state index in [0.717, 1.165) is 6.20 Å². The molecule has 9 heteroatoms. The first-order chi connectivity index (χ1) is 11.4. The highest BCUT2D eigenvalue weighted by molar-refractivity contribution is 5.96. The molecule has 0 aliphatic carbocycles. The number of carboxylic acid groups (broad SMARTS) is 1. The zero-order valence-electron chi connectivity index (χ0n) is 12.7. The average molecular weight is 330 g/mol. The summed E-state index contributed by atoms with van der Waals surface area (Å²) in [6, 6.07) is 6.97. The second-order valence-corrected chi connectivity index (χ2v) is 5.57. The number of carbonyl (C=O) groups is 2. The molecule has 9 nitrogen and oxygen atoms in total. The van der Waals surface area contributed by atoms with E-state index < -0.39 is 28.4 Å². The molecule has 1 aromatic heterocycles. The highest BCUT2D eigenvalue weighted by Crippen LogP contribution is 2.30. The van der Waals surface area contributed by atoms with Crippen molar-refractivity contribution >= 4 is 17.6 Å². The third kappa shape index (κ3) is 2.60. The number of hydrogen-bond acceptors (Lipinski definition) is 5. The number of amides is 1. The topological polar surface area (TPSA) is 119 Å². The molecule has 0 saturated heterocycles. The first-order valence-corrected chi connectivity index (χ1v) is 7.16. The molecule has 2 heterocycles. The van der Waals surface area contributed by atoms with Gasteiger partial charge in [-0.25, -0.2) is 0 Å². The number of aryl methyl sites for hydroxylation is 1. The van der Waals surface area contributed by atoms with E-state index in [1.54, 1.807) is 24.3 Å². The molecule has 0 bridgehead atoms. The average Bonchev–Trinajstić information content (AvgIpc) is 2.95. The Morgan fingerprint density at radius 2 is 2.08 bits per heavy atom. The number of nitro groups is 1. The van der Waals surface area contributed by atoms with Crippen molar-refractivity contribution in [1.29, 1.82) is 0 Å². The zero-order valence-corrected chi connectivity index (χ0v) is 12.7. The lowest BCUT2D eigenvalue weighted by atomic mass is 9.89. The molecule has 24 heavy (non-hydrogen) atoms. The molecule has 0 radical (unpaired) electrons. The fraction of sp³-hybridized carbons (Fsp3) is 0.267. The maximum atomic E-state index is 12.7. The van der Waals surface area contributed by atoms with Crippen LogP contribution in [0, 0.1) is 10.1 Å². The zero-order chi connectivity index (χ0) is 17.4. The van der Waals surface area contributed by atoms with Gasteiger partial charge in [-0.1, -0.05) is 24.3 Å². The highest BCUT2D eigenvalue weighted by atomic mass is 16.6. The molecule has 1 aromatic carbocycles. The van der Waals surface area contributed by atoms with Crippen molar-refractivity contribution in [3.8, 4) is 0 Å². The highest BCUT2D eigenvalue weighted by Gasteiger charge is 2.36. The fourth-order valence-electron chi connectivity index (χ4n) is 2.88. The van der Waals surface area contributed by atoms with Gasteiger partial charge in [0.25, 0.3) is 5.91 Å². The maximum Gasteiger partial charge on any atom is 0.320 e. The lowest BCUT2D eigenvalue weighted by molar-refractivity contribution is -0.385. The second kappa shape index (κ2) is 5.76. The summed E-state index contributed by atoms with van der Waals surface area (Å²) in [5.74, 6) is -2.57. The summed E-state index contributed by atoms with van der Waals surface area (Å²) in [4.78, 5) is 35.9. The minimum Gasteiger partial charge on any atom is -0.481 e. The smallest absolute Gasteiger partial charge is 0.320 e. The molecule has 1 N–H and O–H groups in total. The van der Waals surface area contributed by atoms with Crippen LogP contribution in [0.3, 0.4) is 0 Å². The number of benzene rings is 1. The standard InChI is InChI=1S/C15H14N4O5/c1-17-8-12(19(23)24)13(16-17)14(20)18-6-9-4-2-3-5-10(9)11(7-18)15(21)22/h2-5,8,11H,6-7H2,1H3,(H,21,22). The van der Waals surface area contributed by atoms with Gasteiger partial charge in [-0.15, -0.1) is 0 Å². The van der Waals surface area contributed by atoms with Crippen LogP contribution < -0.4 is 0 Å². The summed E-state index contributed by atoms with van der Waals surface area (Å²) in [6.45, 7) is 0.130. The van der Waals surface area contributed by atoms with Crippen molar-refractivity contribution in [2.45, 2.75) is 12.5 Å². The predicted octanol–water partition coefficient (Wildman–Crippen LogP) is 1.15. The maximum absolute atomic E-state index is 12.7. The number of nitrogens with zero attached hydrogens (tertiary/aromatic N) is 4. The molecule has 2 aromatic rings. The predicted molar refractivity (Wildman–Crippen MR) is 81.4 cm³/mol. The number of carbonyl (C=O) groups excluding carboxylic acids is 1. The van der Waals surface area contributed by atoms with Gasteiger partial charge in [-0.05, 0) is 11.1 Å². The largest absolute Gasteiger partial charge is 0.481 e. The summed E-state index contributed by atoms with van der Waals surface area (Å²) in [7, 11) is 1.48. The molecule has 1 unspecified atom stereocenters. The molecule has 0 spiro atoms. The van der Waals surface area contributed by atoms with Crippen molar-refractivity contribution in [3.05, 3.63) is 57.4 Å². The van der Waals surface area contributed by atoms with Crippen molar-refractivity contribution in [2.24, 2.45) is 7.05 Å². The van der Waals surface area contributed by atoms with Crippen LogP contribution in [-0.2, 0) is 18.4 Å². The van der Waals surface area contributed by atoms with Gasteiger partial charge >= 0.3 is 11.7 Å². The lowest BCUT2D eigenvalue weighted by Crippen LogP contribution is -2.41.